The predicted octanol–water partition coefficient (Wildman–Crippen LogP) is 5.23. The molecule has 0 saturated heterocycles. The summed E-state index contributed by atoms with van der Waals surface area (Å²) in [6.07, 6.45) is 6.86. The molecule has 0 aliphatic heterocycles. The lowest BCUT2D eigenvalue weighted by Crippen LogP contribution is -2.40. The van der Waals surface area contributed by atoms with E-state index < -0.39 is 0 Å². The molecule has 4 rings (SSSR count). The lowest BCUT2D eigenvalue weighted by Gasteiger charge is -2.46. The highest BCUT2D eigenvalue weighted by molar-refractivity contribution is 5.88. The summed E-state index contributed by atoms with van der Waals surface area (Å²) in [7, 11) is 0. The van der Waals surface area contributed by atoms with Crippen molar-refractivity contribution >= 4 is 10.8 Å². The van der Waals surface area contributed by atoms with Gasteiger partial charge in [-0.2, -0.15) is 0 Å². The minimum absolute atomic E-state index is 0.407. The van der Waals surface area contributed by atoms with Crippen LogP contribution in [0.1, 0.15) is 50.7 Å². The summed E-state index contributed by atoms with van der Waals surface area (Å²) in [5, 5.41) is 2.91. The molecule has 0 heterocycles. The summed E-state index contributed by atoms with van der Waals surface area (Å²) in [5.74, 6) is 0. The molecule has 2 aromatic carbocycles. The lowest BCUT2D eigenvalue weighted by atomic mass is 9.58. The molecule has 0 heteroatoms. The van der Waals surface area contributed by atoms with E-state index in [9.17, 15) is 0 Å². The number of benzene rings is 2. The first-order valence-electron chi connectivity index (χ1n) is 7.65. The molecule has 1 saturated carbocycles. The summed E-state index contributed by atoms with van der Waals surface area (Å²) in [6.45, 7) is 5.05. The molecule has 98 valence electrons. The zero-order valence-corrected chi connectivity index (χ0v) is 12.0. The number of hydrogen-bond donors (Lipinski definition) is 0. The second-order valence-corrected chi connectivity index (χ2v) is 7.09. The predicted molar refractivity (Wildman–Crippen MR) is 81.6 cm³/mol. The normalized spacial score (nSPS) is 33.2. The van der Waals surface area contributed by atoms with Crippen molar-refractivity contribution < 1.29 is 0 Å². The van der Waals surface area contributed by atoms with Gasteiger partial charge >= 0.3 is 0 Å². The topological polar surface area (TPSA) is 0 Å². The summed E-state index contributed by atoms with van der Waals surface area (Å²) in [4.78, 5) is 0. The highest BCUT2D eigenvalue weighted by Gasteiger charge is 2.52. The molecular weight excluding hydrogens is 228 g/mol. The summed E-state index contributed by atoms with van der Waals surface area (Å²) >= 11 is 0. The molecule has 1 fully saturated rings. The highest BCUT2D eigenvalue weighted by atomic mass is 14.6. The SMILES string of the molecule is CC12CCCCC1(C)c1ccc3ccccc3c1C2. The average Bonchev–Trinajstić information content (AvgIpc) is 2.67. The van der Waals surface area contributed by atoms with Crippen molar-refractivity contribution in [3.63, 3.8) is 0 Å². The van der Waals surface area contributed by atoms with Crippen molar-refractivity contribution in [2.75, 3.05) is 0 Å². The largest absolute Gasteiger partial charge is 0.0616 e. The summed E-state index contributed by atoms with van der Waals surface area (Å²) < 4.78 is 0. The maximum atomic E-state index is 2.53. The monoisotopic (exact) mass is 250 g/mol. The third kappa shape index (κ3) is 1.35. The Morgan fingerprint density at radius 3 is 2.58 bits per heavy atom. The Bertz CT molecular complexity index is 654. The Balaban J connectivity index is 2.02. The van der Waals surface area contributed by atoms with E-state index in [1.807, 2.05) is 0 Å². The van der Waals surface area contributed by atoms with Crippen LogP contribution in [0.4, 0.5) is 0 Å². The van der Waals surface area contributed by atoms with Gasteiger partial charge in [0.15, 0.2) is 0 Å². The molecule has 0 bridgehead atoms. The molecule has 0 amide bonds. The van der Waals surface area contributed by atoms with E-state index in [0.29, 0.717) is 10.8 Å². The maximum Gasteiger partial charge on any atom is -0.00154 e. The fraction of sp³-hybridized carbons (Fsp3) is 0.474. The lowest BCUT2D eigenvalue weighted by molar-refractivity contribution is 0.110. The fourth-order valence-electron chi connectivity index (χ4n) is 4.75. The Morgan fingerprint density at radius 1 is 0.895 bits per heavy atom. The standard InChI is InChI=1S/C19H22/c1-18-11-5-6-12-19(18,2)17-10-9-14-7-3-4-8-15(14)16(17)13-18/h3-4,7-10H,5-6,11-13H2,1-2H3. The van der Waals surface area contributed by atoms with Gasteiger partial charge in [0.05, 0.1) is 0 Å². The van der Waals surface area contributed by atoms with E-state index in [1.165, 1.54) is 42.9 Å². The number of fused-ring (bicyclic) bond motifs is 5. The first kappa shape index (κ1) is 11.5. The van der Waals surface area contributed by atoms with Crippen LogP contribution in [0, 0.1) is 5.41 Å². The van der Waals surface area contributed by atoms with Crippen molar-refractivity contribution in [1.82, 2.24) is 0 Å². The smallest absolute Gasteiger partial charge is 0.00154 e. The van der Waals surface area contributed by atoms with E-state index in [4.69, 9.17) is 0 Å². The third-order valence-electron chi connectivity index (χ3n) is 6.19. The van der Waals surface area contributed by atoms with Crippen LogP contribution in [0.5, 0.6) is 0 Å². The molecular formula is C19H22. The van der Waals surface area contributed by atoms with Gasteiger partial charge in [-0.15, -0.1) is 0 Å². The quantitative estimate of drug-likeness (QED) is 0.600. The minimum atomic E-state index is 0.407. The maximum absolute atomic E-state index is 2.53. The van der Waals surface area contributed by atoms with Gasteiger partial charge in [0, 0.05) is 0 Å². The van der Waals surface area contributed by atoms with E-state index in [-0.39, 0.29) is 0 Å². The highest BCUT2D eigenvalue weighted by Crippen LogP contribution is 2.60. The van der Waals surface area contributed by atoms with Crippen molar-refractivity contribution in [1.29, 1.82) is 0 Å². The number of rotatable bonds is 0. The zero-order chi connectivity index (χ0) is 13.1. The second-order valence-electron chi connectivity index (χ2n) is 7.09. The van der Waals surface area contributed by atoms with Crippen LogP contribution in [0.3, 0.4) is 0 Å². The van der Waals surface area contributed by atoms with Gasteiger partial charge in [-0.05, 0) is 52.0 Å². The molecule has 2 unspecified atom stereocenters. The molecule has 0 radical (unpaired) electrons. The van der Waals surface area contributed by atoms with E-state index >= 15 is 0 Å². The van der Waals surface area contributed by atoms with E-state index in [0.717, 1.165) is 0 Å². The Hall–Kier alpha value is -1.30. The van der Waals surface area contributed by atoms with Gasteiger partial charge in [0.1, 0.15) is 0 Å². The average molecular weight is 250 g/mol. The molecule has 2 aliphatic carbocycles. The molecule has 0 nitrogen and oxygen atoms in total. The van der Waals surface area contributed by atoms with Gasteiger partial charge in [-0.25, -0.2) is 0 Å². The molecule has 19 heavy (non-hydrogen) atoms. The minimum Gasteiger partial charge on any atom is -0.0616 e. The van der Waals surface area contributed by atoms with Crippen molar-refractivity contribution in [3.05, 3.63) is 47.5 Å². The second kappa shape index (κ2) is 3.62. The molecule has 2 atom stereocenters. The van der Waals surface area contributed by atoms with Crippen LogP contribution in [0.25, 0.3) is 10.8 Å². The van der Waals surface area contributed by atoms with Crippen molar-refractivity contribution in [2.24, 2.45) is 5.41 Å². The molecule has 2 aromatic rings. The van der Waals surface area contributed by atoms with Gasteiger partial charge < -0.3 is 0 Å². The molecule has 0 spiro atoms. The van der Waals surface area contributed by atoms with Crippen molar-refractivity contribution in [3.8, 4) is 0 Å². The van der Waals surface area contributed by atoms with Gasteiger partial charge in [0.2, 0.25) is 0 Å². The van der Waals surface area contributed by atoms with Crippen LogP contribution in [0.2, 0.25) is 0 Å². The Kier molecular flexibility index (Phi) is 2.20. The third-order valence-corrected chi connectivity index (χ3v) is 6.19. The summed E-state index contributed by atoms with van der Waals surface area (Å²) in [5.41, 5.74) is 4.18. The molecule has 0 N–H and O–H groups in total. The van der Waals surface area contributed by atoms with Gasteiger partial charge in [0.25, 0.3) is 0 Å². The zero-order valence-electron chi connectivity index (χ0n) is 12.0. The van der Waals surface area contributed by atoms with E-state index in [2.05, 4.69) is 50.2 Å². The fourth-order valence-corrected chi connectivity index (χ4v) is 4.75. The van der Waals surface area contributed by atoms with Crippen LogP contribution in [-0.4, -0.2) is 0 Å². The van der Waals surface area contributed by atoms with Crippen LogP contribution < -0.4 is 0 Å². The van der Waals surface area contributed by atoms with Crippen LogP contribution in [0.15, 0.2) is 36.4 Å². The Labute approximate surface area is 115 Å². The first-order valence-corrected chi connectivity index (χ1v) is 7.65. The van der Waals surface area contributed by atoms with Crippen LogP contribution >= 0.6 is 0 Å². The van der Waals surface area contributed by atoms with Gasteiger partial charge in [-0.3, -0.25) is 0 Å². The summed E-state index contributed by atoms with van der Waals surface area (Å²) in [6, 6.07) is 13.7. The van der Waals surface area contributed by atoms with E-state index in [1.54, 1.807) is 11.1 Å². The first-order chi connectivity index (χ1) is 9.14. The Morgan fingerprint density at radius 2 is 1.68 bits per heavy atom. The molecule has 2 aliphatic rings. The molecule has 0 aromatic heterocycles. The number of hydrogen-bond acceptors (Lipinski definition) is 0. The van der Waals surface area contributed by atoms with Gasteiger partial charge in [-0.1, -0.05) is 63.1 Å². The van der Waals surface area contributed by atoms with Crippen molar-refractivity contribution in [2.45, 2.75) is 51.4 Å². The van der Waals surface area contributed by atoms with Crippen LogP contribution in [-0.2, 0) is 11.8 Å².